The Balaban J connectivity index is 1.93. The zero-order chi connectivity index (χ0) is 14.6. The van der Waals surface area contributed by atoms with Crippen LogP contribution in [-0.4, -0.2) is 30.6 Å². The van der Waals surface area contributed by atoms with E-state index >= 15 is 0 Å². The van der Waals surface area contributed by atoms with E-state index in [2.05, 4.69) is 25.7 Å². The highest BCUT2D eigenvalue weighted by Crippen LogP contribution is 2.36. The number of nitrogens with two attached hydrogens (primary N) is 1. The minimum atomic E-state index is 0.471. The molecule has 0 aromatic heterocycles. The Morgan fingerprint density at radius 1 is 0.950 bits per heavy atom. The molecule has 1 heterocycles. The lowest BCUT2D eigenvalue weighted by Gasteiger charge is -2.38. The quantitative estimate of drug-likeness (QED) is 0.845. The lowest BCUT2D eigenvalue weighted by Crippen LogP contribution is -2.46. The van der Waals surface area contributed by atoms with Gasteiger partial charge in [-0.15, -0.1) is 0 Å². The summed E-state index contributed by atoms with van der Waals surface area (Å²) in [5, 5.41) is 0. The van der Waals surface area contributed by atoms with Crippen molar-refractivity contribution in [2.24, 2.45) is 23.0 Å². The fourth-order valence-electron chi connectivity index (χ4n) is 4.47. The van der Waals surface area contributed by atoms with Gasteiger partial charge in [-0.3, -0.25) is 4.90 Å². The molecule has 1 aliphatic carbocycles. The molecule has 2 N–H and O–H groups in total. The van der Waals surface area contributed by atoms with Crippen molar-refractivity contribution in [3.05, 3.63) is 0 Å². The zero-order valence-corrected chi connectivity index (χ0v) is 14.0. The van der Waals surface area contributed by atoms with E-state index in [1.165, 1.54) is 64.5 Å². The van der Waals surface area contributed by atoms with E-state index in [0.717, 1.165) is 18.4 Å². The second kappa shape index (κ2) is 7.26. The Hall–Kier alpha value is -0.0800. The average Bonchev–Trinajstić information content (AvgIpc) is 2.67. The van der Waals surface area contributed by atoms with Gasteiger partial charge in [0, 0.05) is 12.6 Å². The zero-order valence-electron chi connectivity index (χ0n) is 14.0. The summed E-state index contributed by atoms with van der Waals surface area (Å²) in [6.45, 7) is 10.7. The summed E-state index contributed by atoms with van der Waals surface area (Å²) in [4.78, 5) is 2.75. The van der Waals surface area contributed by atoms with E-state index < -0.39 is 0 Å². The third-order valence-corrected chi connectivity index (χ3v) is 5.89. The molecule has 1 aliphatic heterocycles. The van der Waals surface area contributed by atoms with Crippen LogP contribution in [0.25, 0.3) is 0 Å². The molecule has 0 aromatic carbocycles. The molecule has 0 spiro atoms. The molecule has 0 radical (unpaired) electrons. The lowest BCUT2D eigenvalue weighted by molar-refractivity contribution is 0.120. The molecular weight excluding hydrogens is 244 g/mol. The summed E-state index contributed by atoms with van der Waals surface area (Å²) in [6, 6.07) is 0.661. The van der Waals surface area contributed by atoms with Gasteiger partial charge in [0.05, 0.1) is 0 Å². The van der Waals surface area contributed by atoms with Crippen LogP contribution in [-0.2, 0) is 0 Å². The van der Waals surface area contributed by atoms with Crippen LogP contribution in [0.2, 0.25) is 0 Å². The van der Waals surface area contributed by atoms with Crippen LogP contribution >= 0.6 is 0 Å². The van der Waals surface area contributed by atoms with E-state index in [0.29, 0.717) is 11.5 Å². The molecule has 118 valence electrons. The first-order valence-corrected chi connectivity index (χ1v) is 8.96. The maximum atomic E-state index is 6.16. The smallest absolute Gasteiger partial charge is 0.0246 e. The number of nitrogens with zero attached hydrogens (tertiary/aromatic N) is 1. The van der Waals surface area contributed by atoms with Gasteiger partial charge >= 0.3 is 0 Å². The summed E-state index contributed by atoms with van der Waals surface area (Å²) in [5.74, 6) is 1.76. The monoisotopic (exact) mass is 280 g/mol. The van der Waals surface area contributed by atoms with Crippen LogP contribution < -0.4 is 5.73 Å². The van der Waals surface area contributed by atoms with Gasteiger partial charge in [-0.2, -0.15) is 0 Å². The van der Waals surface area contributed by atoms with E-state index in [4.69, 9.17) is 5.73 Å². The van der Waals surface area contributed by atoms with Crippen LogP contribution in [0, 0.1) is 17.3 Å². The molecule has 2 rings (SSSR count). The van der Waals surface area contributed by atoms with Gasteiger partial charge in [0.2, 0.25) is 0 Å². The summed E-state index contributed by atoms with van der Waals surface area (Å²) < 4.78 is 0. The Morgan fingerprint density at radius 2 is 1.65 bits per heavy atom. The van der Waals surface area contributed by atoms with E-state index in [-0.39, 0.29) is 0 Å². The maximum Gasteiger partial charge on any atom is 0.0246 e. The second-order valence-corrected chi connectivity index (χ2v) is 8.23. The van der Waals surface area contributed by atoms with Crippen molar-refractivity contribution in [1.29, 1.82) is 0 Å². The molecule has 2 atom stereocenters. The maximum absolute atomic E-state index is 6.16. The molecule has 1 saturated carbocycles. The molecule has 0 amide bonds. The number of hydrogen-bond donors (Lipinski definition) is 1. The van der Waals surface area contributed by atoms with Gasteiger partial charge < -0.3 is 5.73 Å². The standard InChI is InChI=1S/C18H36N2/c1-18(2,3)16-10-7-12-20(13-11-16)17(14-19)15-8-5-4-6-9-15/h15-17H,4-14,19H2,1-3H3. The summed E-state index contributed by atoms with van der Waals surface area (Å²) in [5.41, 5.74) is 6.64. The highest BCUT2D eigenvalue weighted by atomic mass is 15.2. The molecule has 2 heteroatoms. The van der Waals surface area contributed by atoms with Gasteiger partial charge in [0.15, 0.2) is 0 Å². The molecule has 0 bridgehead atoms. The van der Waals surface area contributed by atoms with Crippen molar-refractivity contribution < 1.29 is 0 Å². The van der Waals surface area contributed by atoms with Crippen LogP contribution in [0.3, 0.4) is 0 Å². The topological polar surface area (TPSA) is 29.3 Å². The van der Waals surface area contributed by atoms with Gasteiger partial charge in [0.25, 0.3) is 0 Å². The Bertz CT molecular complexity index is 276. The van der Waals surface area contributed by atoms with Crippen molar-refractivity contribution in [2.75, 3.05) is 19.6 Å². The third-order valence-electron chi connectivity index (χ3n) is 5.89. The average molecular weight is 280 g/mol. The predicted molar refractivity (Wildman–Crippen MR) is 87.8 cm³/mol. The molecule has 20 heavy (non-hydrogen) atoms. The number of rotatable bonds is 3. The minimum absolute atomic E-state index is 0.471. The van der Waals surface area contributed by atoms with E-state index in [1.807, 2.05) is 0 Å². The summed E-state index contributed by atoms with van der Waals surface area (Å²) in [7, 11) is 0. The highest BCUT2D eigenvalue weighted by Gasteiger charge is 2.32. The fraction of sp³-hybridized carbons (Fsp3) is 1.00. The van der Waals surface area contributed by atoms with Gasteiger partial charge in [0.1, 0.15) is 0 Å². The summed E-state index contributed by atoms with van der Waals surface area (Å²) in [6.07, 6.45) is 11.3. The number of likely N-dealkylation sites (tertiary alicyclic amines) is 1. The van der Waals surface area contributed by atoms with Gasteiger partial charge in [-0.25, -0.2) is 0 Å². The SMILES string of the molecule is CC(C)(C)C1CCCN(C(CN)C2CCCCC2)CC1. The largest absolute Gasteiger partial charge is 0.329 e. The van der Waals surface area contributed by atoms with E-state index in [9.17, 15) is 0 Å². The van der Waals surface area contributed by atoms with Crippen LogP contribution in [0.4, 0.5) is 0 Å². The molecular formula is C18H36N2. The molecule has 2 nitrogen and oxygen atoms in total. The van der Waals surface area contributed by atoms with Crippen molar-refractivity contribution in [3.8, 4) is 0 Å². The lowest BCUT2D eigenvalue weighted by atomic mass is 9.76. The van der Waals surface area contributed by atoms with Crippen LogP contribution in [0.15, 0.2) is 0 Å². The Kier molecular flexibility index (Phi) is 5.92. The number of hydrogen-bond acceptors (Lipinski definition) is 2. The first-order chi connectivity index (χ1) is 9.52. The first kappa shape index (κ1) is 16.3. The molecule has 2 aliphatic rings. The highest BCUT2D eigenvalue weighted by molar-refractivity contribution is 4.86. The Labute approximate surface area is 126 Å². The minimum Gasteiger partial charge on any atom is -0.329 e. The predicted octanol–water partition coefficient (Wildman–Crippen LogP) is 4.04. The van der Waals surface area contributed by atoms with E-state index in [1.54, 1.807) is 0 Å². The summed E-state index contributed by atoms with van der Waals surface area (Å²) >= 11 is 0. The van der Waals surface area contributed by atoms with Crippen molar-refractivity contribution in [1.82, 2.24) is 4.90 Å². The van der Waals surface area contributed by atoms with Crippen molar-refractivity contribution in [2.45, 2.75) is 78.2 Å². The molecule has 0 aromatic rings. The second-order valence-electron chi connectivity index (χ2n) is 8.23. The first-order valence-electron chi connectivity index (χ1n) is 8.96. The normalized spacial score (nSPS) is 29.1. The van der Waals surface area contributed by atoms with Crippen molar-refractivity contribution in [3.63, 3.8) is 0 Å². The van der Waals surface area contributed by atoms with Crippen LogP contribution in [0.5, 0.6) is 0 Å². The van der Waals surface area contributed by atoms with Gasteiger partial charge in [-0.1, -0.05) is 40.0 Å². The fourth-order valence-corrected chi connectivity index (χ4v) is 4.47. The third kappa shape index (κ3) is 4.21. The van der Waals surface area contributed by atoms with Crippen LogP contribution in [0.1, 0.15) is 72.1 Å². The van der Waals surface area contributed by atoms with Gasteiger partial charge in [-0.05, 0) is 62.4 Å². The molecule has 2 unspecified atom stereocenters. The van der Waals surface area contributed by atoms with Crippen molar-refractivity contribution >= 4 is 0 Å². The Morgan fingerprint density at radius 3 is 2.25 bits per heavy atom. The molecule has 1 saturated heterocycles. The molecule has 2 fully saturated rings.